The van der Waals surface area contributed by atoms with Gasteiger partial charge in [-0.1, -0.05) is 11.8 Å². The lowest BCUT2D eigenvalue weighted by atomic mass is 10.3. The molecule has 1 amide bonds. The molecule has 0 unspecified atom stereocenters. The van der Waals surface area contributed by atoms with Crippen LogP contribution in [-0.2, 0) is 23.1 Å². The molecular formula is C13H13FN4O3S. The predicted molar refractivity (Wildman–Crippen MR) is 78.1 cm³/mol. The lowest BCUT2D eigenvalue weighted by Crippen LogP contribution is -2.17. The Morgan fingerprint density at radius 1 is 1.32 bits per heavy atom. The molecule has 0 bridgehead atoms. The van der Waals surface area contributed by atoms with Gasteiger partial charge in [0, 0.05) is 12.7 Å². The number of rotatable bonds is 6. The maximum absolute atomic E-state index is 12.8. The average molecular weight is 324 g/mol. The molecule has 2 rings (SSSR count). The zero-order valence-electron chi connectivity index (χ0n) is 11.6. The van der Waals surface area contributed by atoms with Crippen LogP contribution in [0.5, 0.6) is 0 Å². The zero-order chi connectivity index (χ0) is 16.1. The third-order valence-electron chi connectivity index (χ3n) is 2.70. The molecule has 1 heterocycles. The first-order valence-electron chi connectivity index (χ1n) is 6.24. The van der Waals surface area contributed by atoms with Crippen molar-refractivity contribution in [2.45, 2.75) is 11.6 Å². The van der Waals surface area contributed by atoms with E-state index < -0.39 is 5.97 Å². The van der Waals surface area contributed by atoms with Crippen molar-refractivity contribution < 1.29 is 19.1 Å². The van der Waals surface area contributed by atoms with E-state index in [1.807, 2.05) is 0 Å². The van der Waals surface area contributed by atoms with Gasteiger partial charge in [0.15, 0.2) is 5.16 Å². The highest BCUT2D eigenvalue weighted by Gasteiger charge is 2.14. The van der Waals surface area contributed by atoms with E-state index in [1.54, 1.807) is 11.6 Å². The molecular weight excluding hydrogens is 311 g/mol. The van der Waals surface area contributed by atoms with Crippen LogP contribution < -0.4 is 5.32 Å². The first-order chi connectivity index (χ1) is 10.5. The molecule has 0 aliphatic heterocycles. The van der Waals surface area contributed by atoms with E-state index in [-0.39, 0.29) is 23.9 Å². The number of benzene rings is 1. The van der Waals surface area contributed by atoms with E-state index in [1.165, 1.54) is 24.3 Å². The van der Waals surface area contributed by atoms with Crippen LogP contribution in [0, 0.1) is 5.82 Å². The normalized spacial score (nSPS) is 10.5. The number of hydrogen-bond acceptors (Lipinski definition) is 5. The highest BCUT2D eigenvalue weighted by molar-refractivity contribution is 7.99. The average Bonchev–Trinajstić information content (AvgIpc) is 2.80. The molecule has 0 saturated heterocycles. The lowest BCUT2D eigenvalue weighted by Gasteiger charge is -2.05. The summed E-state index contributed by atoms with van der Waals surface area (Å²) in [6.45, 7) is 0. The molecule has 9 heteroatoms. The van der Waals surface area contributed by atoms with Gasteiger partial charge >= 0.3 is 5.97 Å². The molecule has 22 heavy (non-hydrogen) atoms. The van der Waals surface area contributed by atoms with Crippen LogP contribution >= 0.6 is 11.8 Å². The first-order valence-corrected chi connectivity index (χ1v) is 7.22. The third-order valence-corrected chi connectivity index (χ3v) is 3.70. The number of carbonyl (C=O) groups excluding carboxylic acids is 1. The Kier molecular flexibility index (Phi) is 5.10. The van der Waals surface area contributed by atoms with Gasteiger partial charge in [0.1, 0.15) is 11.6 Å². The number of amides is 1. The van der Waals surface area contributed by atoms with Crippen LogP contribution in [0.1, 0.15) is 5.82 Å². The van der Waals surface area contributed by atoms with E-state index in [0.29, 0.717) is 16.7 Å². The number of thioether (sulfide) groups is 1. The Labute approximate surface area is 129 Å². The van der Waals surface area contributed by atoms with Gasteiger partial charge in [0.05, 0.1) is 12.2 Å². The third kappa shape index (κ3) is 4.29. The summed E-state index contributed by atoms with van der Waals surface area (Å²) in [4.78, 5) is 22.4. The van der Waals surface area contributed by atoms with Gasteiger partial charge in [0.2, 0.25) is 5.91 Å². The smallest absolute Gasteiger partial charge is 0.313 e. The van der Waals surface area contributed by atoms with Gasteiger partial charge in [-0.05, 0) is 24.3 Å². The van der Waals surface area contributed by atoms with Gasteiger partial charge in [0.25, 0.3) is 0 Å². The summed E-state index contributed by atoms with van der Waals surface area (Å²) in [5.74, 6) is -1.38. The van der Waals surface area contributed by atoms with Crippen molar-refractivity contribution in [3.05, 3.63) is 35.9 Å². The molecule has 0 aliphatic rings. The molecule has 0 saturated carbocycles. The van der Waals surface area contributed by atoms with Crippen LogP contribution in [0.25, 0.3) is 0 Å². The molecule has 0 radical (unpaired) electrons. The molecule has 1 aromatic carbocycles. The summed E-state index contributed by atoms with van der Waals surface area (Å²) in [5.41, 5.74) is 0.481. The van der Waals surface area contributed by atoms with Crippen LogP contribution in [0.3, 0.4) is 0 Å². The van der Waals surface area contributed by atoms with Gasteiger partial charge in [-0.25, -0.2) is 4.39 Å². The van der Waals surface area contributed by atoms with Gasteiger partial charge in [-0.2, -0.15) is 0 Å². The number of halogens is 1. The summed E-state index contributed by atoms with van der Waals surface area (Å²) in [7, 11) is 1.66. The number of hydrogen-bond donors (Lipinski definition) is 2. The highest BCUT2D eigenvalue weighted by Crippen LogP contribution is 2.16. The van der Waals surface area contributed by atoms with Crippen LogP contribution in [0.2, 0.25) is 0 Å². The summed E-state index contributed by atoms with van der Waals surface area (Å²) in [6, 6.07) is 5.41. The number of nitrogens with zero attached hydrogens (tertiary/aromatic N) is 3. The molecule has 0 atom stereocenters. The summed E-state index contributed by atoms with van der Waals surface area (Å²) in [5, 5.41) is 19.4. The quantitative estimate of drug-likeness (QED) is 0.778. The molecule has 0 spiro atoms. The van der Waals surface area contributed by atoms with E-state index in [4.69, 9.17) is 5.11 Å². The van der Waals surface area contributed by atoms with Gasteiger partial charge in [-0.3, -0.25) is 9.59 Å². The molecule has 116 valence electrons. The molecule has 2 aromatic rings. The number of carboxylic acid groups (broad SMARTS) is 1. The highest BCUT2D eigenvalue weighted by atomic mass is 32.2. The van der Waals surface area contributed by atoms with Crippen LogP contribution in [0.4, 0.5) is 10.1 Å². The maximum atomic E-state index is 12.8. The van der Waals surface area contributed by atoms with Crippen molar-refractivity contribution in [3.63, 3.8) is 0 Å². The molecule has 7 nitrogen and oxygen atoms in total. The Bertz CT molecular complexity index is 687. The number of aromatic nitrogens is 3. The lowest BCUT2D eigenvalue weighted by molar-refractivity contribution is -0.133. The fraction of sp³-hybridized carbons (Fsp3) is 0.231. The van der Waals surface area contributed by atoms with E-state index in [0.717, 1.165) is 11.8 Å². The Morgan fingerprint density at radius 2 is 2.00 bits per heavy atom. The van der Waals surface area contributed by atoms with E-state index >= 15 is 0 Å². The second kappa shape index (κ2) is 7.03. The number of aliphatic carboxylic acids is 1. The molecule has 2 N–H and O–H groups in total. The topological polar surface area (TPSA) is 97.1 Å². The second-order valence-corrected chi connectivity index (χ2v) is 5.31. The number of anilines is 1. The summed E-state index contributed by atoms with van der Waals surface area (Å²) in [6.07, 6.45) is -0.0193. The monoisotopic (exact) mass is 324 g/mol. The zero-order valence-corrected chi connectivity index (χ0v) is 12.4. The Balaban J connectivity index is 1.96. The second-order valence-electron chi connectivity index (χ2n) is 4.37. The molecule has 0 aliphatic carbocycles. The Morgan fingerprint density at radius 3 is 2.64 bits per heavy atom. The fourth-order valence-electron chi connectivity index (χ4n) is 1.63. The van der Waals surface area contributed by atoms with Gasteiger partial charge in [-0.15, -0.1) is 10.2 Å². The van der Waals surface area contributed by atoms with Gasteiger partial charge < -0.3 is 15.0 Å². The predicted octanol–water partition coefficient (Wildman–Crippen LogP) is 1.31. The van der Waals surface area contributed by atoms with Crippen molar-refractivity contribution in [2.24, 2.45) is 7.05 Å². The largest absolute Gasteiger partial charge is 0.481 e. The van der Waals surface area contributed by atoms with Crippen molar-refractivity contribution in [2.75, 3.05) is 11.1 Å². The van der Waals surface area contributed by atoms with Crippen molar-refractivity contribution >= 4 is 29.3 Å². The number of nitrogens with one attached hydrogen (secondary N) is 1. The van der Waals surface area contributed by atoms with Crippen molar-refractivity contribution in [1.29, 1.82) is 0 Å². The molecule has 0 fully saturated rings. The minimum atomic E-state index is -0.955. The van der Waals surface area contributed by atoms with E-state index in [9.17, 15) is 14.0 Å². The van der Waals surface area contributed by atoms with Crippen LogP contribution in [-0.4, -0.2) is 37.5 Å². The first kappa shape index (κ1) is 16.0. The fourth-order valence-corrected chi connectivity index (χ4v) is 2.28. The molecule has 1 aromatic heterocycles. The summed E-state index contributed by atoms with van der Waals surface area (Å²) < 4.78 is 14.3. The maximum Gasteiger partial charge on any atom is 0.313 e. The Hall–Kier alpha value is -2.42. The SMILES string of the molecule is Cn1c(CC(=O)Nc2ccc(F)cc2)nnc1SCC(=O)O. The van der Waals surface area contributed by atoms with Crippen molar-refractivity contribution in [3.8, 4) is 0 Å². The number of carboxylic acids is 1. The number of carbonyl (C=O) groups is 2. The van der Waals surface area contributed by atoms with Crippen LogP contribution in [0.15, 0.2) is 29.4 Å². The van der Waals surface area contributed by atoms with Crippen molar-refractivity contribution in [1.82, 2.24) is 14.8 Å². The minimum absolute atomic E-state index is 0.0193. The summed E-state index contributed by atoms with van der Waals surface area (Å²) >= 11 is 1.03. The minimum Gasteiger partial charge on any atom is -0.481 e. The van der Waals surface area contributed by atoms with E-state index in [2.05, 4.69) is 15.5 Å². The standard InChI is InChI=1S/C13H13FN4O3S/c1-18-10(16-17-13(18)22-7-12(20)21)6-11(19)15-9-4-2-8(14)3-5-9/h2-5H,6-7H2,1H3,(H,15,19)(H,20,21).